The minimum absolute atomic E-state index is 0.0153. The molecule has 0 spiro atoms. The van der Waals surface area contributed by atoms with E-state index >= 15 is 0 Å². The molecule has 30 heavy (non-hydrogen) atoms. The number of nitrogens with zero attached hydrogens (tertiary/aromatic N) is 2. The monoisotopic (exact) mass is 428 g/mol. The molecule has 2 heterocycles. The molecule has 1 saturated heterocycles. The first-order chi connectivity index (χ1) is 14.6. The van der Waals surface area contributed by atoms with Gasteiger partial charge in [-0.2, -0.15) is 0 Å². The van der Waals surface area contributed by atoms with Crippen LogP contribution in [0.1, 0.15) is 37.7 Å². The third-order valence-corrected chi connectivity index (χ3v) is 7.63. The Balaban J connectivity index is 1.42. The lowest BCUT2D eigenvalue weighted by Crippen LogP contribution is -2.35. The minimum atomic E-state index is -3.64. The van der Waals surface area contributed by atoms with Crippen molar-refractivity contribution in [2.24, 2.45) is 0 Å². The normalized spacial score (nSPS) is 17.2. The van der Waals surface area contributed by atoms with Crippen molar-refractivity contribution in [3.63, 3.8) is 0 Å². The molecule has 2 aliphatic heterocycles. The number of fused-ring (bicyclic) bond motifs is 1. The highest BCUT2D eigenvalue weighted by atomic mass is 32.2. The summed E-state index contributed by atoms with van der Waals surface area (Å²) in [7, 11) is -3.64. The Bertz CT molecular complexity index is 981. The second kappa shape index (κ2) is 9.08. The molecule has 2 aromatic carbocycles. The lowest BCUT2D eigenvalue weighted by Gasteiger charge is -2.30. The highest BCUT2D eigenvalue weighted by molar-refractivity contribution is 7.92. The molecule has 6 nitrogen and oxygen atoms in total. The SMILES string of the molecule is O=C(COc1ccc(S(=O)(=O)N2CCCc3ccccc32)cc1)N1CCCCCC1. The molecular formula is C23H28N2O4S. The van der Waals surface area contributed by atoms with Crippen LogP contribution in [0.4, 0.5) is 5.69 Å². The highest BCUT2D eigenvalue weighted by Gasteiger charge is 2.28. The number of carbonyl (C=O) groups is 1. The van der Waals surface area contributed by atoms with E-state index in [0.717, 1.165) is 50.0 Å². The molecule has 1 amide bonds. The lowest BCUT2D eigenvalue weighted by atomic mass is 10.0. The van der Waals surface area contributed by atoms with Crippen molar-refractivity contribution in [2.75, 3.05) is 30.5 Å². The molecule has 0 radical (unpaired) electrons. The Hall–Kier alpha value is -2.54. The number of benzene rings is 2. The predicted octanol–water partition coefficient (Wildman–Crippen LogP) is 3.61. The average molecular weight is 429 g/mol. The molecule has 0 N–H and O–H groups in total. The summed E-state index contributed by atoms with van der Waals surface area (Å²) in [5.74, 6) is 0.481. The number of rotatable bonds is 5. The van der Waals surface area contributed by atoms with Gasteiger partial charge in [0.1, 0.15) is 5.75 Å². The first kappa shape index (κ1) is 20.7. The number of carbonyl (C=O) groups excluding carboxylic acids is 1. The van der Waals surface area contributed by atoms with E-state index in [4.69, 9.17) is 4.74 Å². The van der Waals surface area contributed by atoms with Gasteiger partial charge in [-0.1, -0.05) is 31.0 Å². The molecule has 2 aliphatic rings. The van der Waals surface area contributed by atoms with Crippen LogP contribution in [0.15, 0.2) is 53.4 Å². The van der Waals surface area contributed by atoms with Gasteiger partial charge in [0.25, 0.3) is 15.9 Å². The lowest BCUT2D eigenvalue weighted by molar-refractivity contribution is -0.133. The Labute approximate surface area is 178 Å². The fourth-order valence-electron chi connectivity index (χ4n) is 4.14. The van der Waals surface area contributed by atoms with E-state index in [-0.39, 0.29) is 17.4 Å². The first-order valence-corrected chi connectivity index (χ1v) is 12.1. The van der Waals surface area contributed by atoms with Gasteiger partial charge in [-0.25, -0.2) is 8.42 Å². The second-order valence-corrected chi connectivity index (χ2v) is 9.73. The topological polar surface area (TPSA) is 66.9 Å². The largest absolute Gasteiger partial charge is 0.484 e. The minimum Gasteiger partial charge on any atom is -0.484 e. The zero-order valence-corrected chi connectivity index (χ0v) is 17.9. The number of hydrogen-bond donors (Lipinski definition) is 0. The molecule has 7 heteroatoms. The zero-order chi connectivity index (χ0) is 21.0. The predicted molar refractivity (Wildman–Crippen MR) is 116 cm³/mol. The number of amides is 1. The smallest absolute Gasteiger partial charge is 0.264 e. The van der Waals surface area contributed by atoms with E-state index in [1.807, 2.05) is 29.2 Å². The molecule has 0 bridgehead atoms. The third-order valence-electron chi connectivity index (χ3n) is 5.80. The molecule has 0 aromatic heterocycles. The summed E-state index contributed by atoms with van der Waals surface area (Å²) in [4.78, 5) is 14.5. The Morgan fingerprint density at radius 1 is 0.867 bits per heavy atom. The van der Waals surface area contributed by atoms with Crippen molar-refractivity contribution in [1.29, 1.82) is 0 Å². The summed E-state index contributed by atoms with van der Waals surface area (Å²) in [6, 6.07) is 14.0. The van der Waals surface area contributed by atoms with Gasteiger partial charge in [0.2, 0.25) is 0 Å². The zero-order valence-electron chi connectivity index (χ0n) is 17.1. The van der Waals surface area contributed by atoms with Crippen LogP contribution in [-0.4, -0.2) is 45.5 Å². The van der Waals surface area contributed by atoms with Crippen molar-refractivity contribution in [3.8, 4) is 5.75 Å². The van der Waals surface area contributed by atoms with Crippen molar-refractivity contribution in [3.05, 3.63) is 54.1 Å². The van der Waals surface area contributed by atoms with Crippen molar-refractivity contribution in [2.45, 2.75) is 43.4 Å². The number of aryl methyl sites for hydroxylation is 1. The average Bonchev–Trinajstić information content (AvgIpc) is 3.07. The number of ether oxygens (including phenoxy) is 1. The molecular weight excluding hydrogens is 400 g/mol. The summed E-state index contributed by atoms with van der Waals surface area (Å²) < 4.78 is 33.5. The Kier molecular flexibility index (Phi) is 6.27. The fraction of sp³-hybridized carbons (Fsp3) is 0.435. The number of para-hydroxylation sites is 1. The van der Waals surface area contributed by atoms with Crippen LogP contribution in [0.5, 0.6) is 5.75 Å². The molecule has 4 rings (SSSR count). The summed E-state index contributed by atoms with van der Waals surface area (Å²) in [6.45, 7) is 2.03. The second-order valence-electron chi connectivity index (χ2n) is 7.86. The maximum atomic E-state index is 13.2. The molecule has 0 atom stereocenters. The maximum absolute atomic E-state index is 13.2. The van der Waals surface area contributed by atoms with E-state index in [9.17, 15) is 13.2 Å². The summed E-state index contributed by atoms with van der Waals surface area (Å²) >= 11 is 0. The van der Waals surface area contributed by atoms with Crippen LogP contribution in [-0.2, 0) is 21.2 Å². The van der Waals surface area contributed by atoms with E-state index in [0.29, 0.717) is 12.3 Å². The molecule has 0 saturated carbocycles. The van der Waals surface area contributed by atoms with Crippen LogP contribution < -0.4 is 9.04 Å². The Morgan fingerprint density at radius 3 is 2.30 bits per heavy atom. The quantitative estimate of drug-likeness (QED) is 0.730. The number of hydrogen-bond acceptors (Lipinski definition) is 4. The van der Waals surface area contributed by atoms with E-state index in [2.05, 4.69) is 0 Å². The van der Waals surface area contributed by atoms with E-state index in [1.54, 1.807) is 24.3 Å². The summed E-state index contributed by atoms with van der Waals surface area (Å²) in [5.41, 5.74) is 1.81. The van der Waals surface area contributed by atoms with Crippen LogP contribution in [0.3, 0.4) is 0 Å². The van der Waals surface area contributed by atoms with Crippen molar-refractivity contribution < 1.29 is 17.9 Å². The highest BCUT2D eigenvalue weighted by Crippen LogP contribution is 2.32. The number of sulfonamides is 1. The Morgan fingerprint density at radius 2 is 1.57 bits per heavy atom. The standard InChI is InChI=1S/C23H28N2O4S/c26-23(24-15-5-1-2-6-16-24)18-29-20-11-13-21(14-12-20)30(27,28)25-17-7-9-19-8-3-4-10-22(19)25/h3-4,8,10-14H,1-2,5-7,9,15-18H2. The molecule has 1 fully saturated rings. The molecule has 0 aliphatic carbocycles. The first-order valence-electron chi connectivity index (χ1n) is 10.7. The van der Waals surface area contributed by atoms with Gasteiger partial charge >= 0.3 is 0 Å². The van der Waals surface area contributed by atoms with Gasteiger partial charge in [-0.3, -0.25) is 9.10 Å². The molecule has 160 valence electrons. The van der Waals surface area contributed by atoms with Gasteiger partial charge in [-0.15, -0.1) is 0 Å². The number of likely N-dealkylation sites (tertiary alicyclic amines) is 1. The maximum Gasteiger partial charge on any atom is 0.264 e. The van der Waals surface area contributed by atoms with Crippen LogP contribution >= 0.6 is 0 Å². The van der Waals surface area contributed by atoms with Gasteiger partial charge in [0, 0.05) is 19.6 Å². The van der Waals surface area contributed by atoms with Gasteiger partial charge in [0.15, 0.2) is 6.61 Å². The molecule has 0 unspecified atom stereocenters. The summed E-state index contributed by atoms with van der Waals surface area (Å²) in [6.07, 6.45) is 6.11. The number of anilines is 1. The van der Waals surface area contributed by atoms with Crippen LogP contribution in [0.25, 0.3) is 0 Å². The van der Waals surface area contributed by atoms with Gasteiger partial charge in [-0.05, 0) is 61.6 Å². The van der Waals surface area contributed by atoms with Gasteiger partial charge < -0.3 is 9.64 Å². The van der Waals surface area contributed by atoms with Crippen LogP contribution in [0.2, 0.25) is 0 Å². The summed E-state index contributed by atoms with van der Waals surface area (Å²) in [5, 5.41) is 0. The van der Waals surface area contributed by atoms with Crippen LogP contribution in [0, 0.1) is 0 Å². The fourth-order valence-corrected chi connectivity index (χ4v) is 5.68. The third kappa shape index (κ3) is 4.46. The van der Waals surface area contributed by atoms with E-state index in [1.165, 1.54) is 17.1 Å². The van der Waals surface area contributed by atoms with Crippen molar-refractivity contribution in [1.82, 2.24) is 4.90 Å². The van der Waals surface area contributed by atoms with Gasteiger partial charge in [0.05, 0.1) is 10.6 Å². The molecule has 2 aromatic rings. The van der Waals surface area contributed by atoms with Crippen molar-refractivity contribution >= 4 is 21.6 Å². The van der Waals surface area contributed by atoms with E-state index < -0.39 is 10.0 Å².